The molecule has 0 aliphatic rings. The number of rotatable bonds is 5. The van der Waals surface area contributed by atoms with E-state index in [1.807, 2.05) is 0 Å². The summed E-state index contributed by atoms with van der Waals surface area (Å²) in [6, 6.07) is 5.17. The van der Waals surface area contributed by atoms with Gasteiger partial charge in [0, 0.05) is 5.75 Å². The Kier molecular flexibility index (Phi) is 5.16. The van der Waals surface area contributed by atoms with E-state index < -0.39 is 11.7 Å². The van der Waals surface area contributed by atoms with Gasteiger partial charge in [-0.3, -0.25) is 0 Å². The largest absolute Gasteiger partial charge is 0.416 e. The van der Waals surface area contributed by atoms with Crippen molar-refractivity contribution in [3.8, 4) is 12.3 Å². The van der Waals surface area contributed by atoms with Crippen LogP contribution in [0.2, 0.25) is 0 Å². The SMILES string of the molecule is C#CCn1c(CO)cnc1SCc1cccc(C(F)(F)F)c1. The number of aliphatic hydroxyl groups excluding tert-OH is 1. The summed E-state index contributed by atoms with van der Waals surface area (Å²) < 4.78 is 39.7. The van der Waals surface area contributed by atoms with Crippen LogP contribution in [0.3, 0.4) is 0 Å². The van der Waals surface area contributed by atoms with Gasteiger partial charge in [-0.05, 0) is 11.6 Å². The Morgan fingerprint density at radius 1 is 1.36 bits per heavy atom. The van der Waals surface area contributed by atoms with Crippen LogP contribution in [-0.4, -0.2) is 14.7 Å². The average Bonchev–Trinajstić information content (AvgIpc) is 2.87. The van der Waals surface area contributed by atoms with Gasteiger partial charge in [0.1, 0.15) is 0 Å². The Morgan fingerprint density at radius 2 is 2.14 bits per heavy atom. The Balaban J connectivity index is 2.14. The van der Waals surface area contributed by atoms with Crippen LogP contribution in [0.1, 0.15) is 16.8 Å². The third kappa shape index (κ3) is 3.84. The van der Waals surface area contributed by atoms with Crippen LogP contribution < -0.4 is 0 Å². The molecule has 7 heteroatoms. The van der Waals surface area contributed by atoms with Crippen LogP contribution >= 0.6 is 11.8 Å². The van der Waals surface area contributed by atoms with Crippen molar-refractivity contribution in [2.45, 2.75) is 30.2 Å². The van der Waals surface area contributed by atoms with E-state index in [0.717, 1.165) is 12.1 Å². The van der Waals surface area contributed by atoms with Crippen molar-refractivity contribution in [2.24, 2.45) is 0 Å². The topological polar surface area (TPSA) is 38.0 Å². The second-order valence-corrected chi connectivity index (χ2v) is 5.41. The fourth-order valence-electron chi connectivity index (χ4n) is 1.88. The van der Waals surface area contributed by atoms with E-state index in [4.69, 9.17) is 6.42 Å². The lowest BCUT2D eigenvalue weighted by molar-refractivity contribution is -0.137. The summed E-state index contributed by atoms with van der Waals surface area (Å²) in [5.41, 5.74) is 0.443. The molecular weight excluding hydrogens is 313 g/mol. The lowest BCUT2D eigenvalue weighted by Gasteiger charge is -2.09. The Labute approximate surface area is 130 Å². The van der Waals surface area contributed by atoms with Gasteiger partial charge in [0.15, 0.2) is 5.16 Å². The Bertz CT molecular complexity index is 689. The van der Waals surface area contributed by atoms with Gasteiger partial charge < -0.3 is 9.67 Å². The van der Waals surface area contributed by atoms with Crippen molar-refractivity contribution < 1.29 is 18.3 Å². The van der Waals surface area contributed by atoms with Crippen LogP contribution in [0, 0.1) is 12.3 Å². The minimum absolute atomic E-state index is 0.196. The molecule has 0 saturated heterocycles. The van der Waals surface area contributed by atoms with Gasteiger partial charge in [0.05, 0.1) is 30.6 Å². The fourth-order valence-corrected chi connectivity index (χ4v) is 2.82. The number of hydrogen-bond acceptors (Lipinski definition) is 3. The van der Waals surface area contributed by atoms with Crippen molar-refractivity contribution in [3.63, 3.8) is 0 Å². The quantitative estimate of drug-likeness (QED) is 0.677. The van der Waals surface area contributed by atoms with Crippen molar-refractivity contribution >= 4 is 11.8 Å². The van der Waals surface area contributed by atoms with E-state index in [9.17, 15) is 18.3 Å². The lowest BCUT2D eigenvalue weighted by Crippen LogP contribution is -2.05. The average molecular weight is 326 g/mol. The summed E-state index contributed by atoms with van der Waals surface area (Å²) in [5, 5.41) is 9.77. The molecule has 0 bridgehead atoms. The number of halogens is 3. The molecule has 0 spiro atoms. The number of nitrogens with zero attached hydrogens (tertiary/aromatic N) is 2. The highest BCUT2D eigenvalue weighted by molar-refractivity contribution is 7.98. The number of terminal acetylenes is 1. The zero-order valence-electron chi connectivity index (χ0n) is 11.5. The lowest BCUT2D eigenvalue weighted by atomic mass is 10.1. The molecule has 1 N–H and O–H groups in total. The second-order valence-electron chi connectivity index (χ2n) is 4.47. The number of benzene rings is 1. The van der Waals surface area contributed by atoms with Crippen molar-refractivity contribution in [2.75, 3.05) is 0 Å². The summed E-state index contributed by atoms with van der Waals surface area (Å²) in [5.74, 6) is 2.79. The maximum atomic E-state index is 12.7. The molecular formula is C15H13F3N2OS. The van der Waals surface area contributed by atoms with E-state index in [1.54, 1.807) is 10.6 Å². The molecule has 0 amide bonds. The van der Waals surface area contributed by atoms with E-state index in [-0.39, 0.29) is 13.2 Å². The fraction of sp³-hybridized carbons (Fsp3) is 0.267. The van der Waals surface area contributed by atoms with Gasteiger partial charge in [-0.1, -0.05) is 35.9 Å². The first-order valence-corrected chi connectivity index (χ1v) is 7.32. The van der Waals surface area contributed by atoms with Gasteiger partial charge in [-0.2, -0.15) is 13.2 Å². The van der Waals surface area contributed by atoms with Gasteiger partial charge in [-0.15, -0.1) is 6.42 Å². The molecule has 116 valence electrons. The van der Waals surface area contributed by atoms with Crippen LogP contribution in [0.15, 0.2) is 35.6 Å². The maximum Gasteiger partial charge on any atom is 0.416 e. The van der Waals surface area contributed by atoms with Crippen molar-refractivity contribution in [1.82, 2.24) is 9.55 Å². The number of aliphatic hydroxyl groups is 1. The minimum Gasteiger partial charge on any atom is -0.390 e. The highest BCUT2D eigenvalue weighted by Gasteiger charge is 2.30. The summed E-state index contributed by atoms with van der Waals surface area (Å²) >= 11 is 1.27. The molecule has 1 aromatic heterocycles. The van der Waals surface area contributed by atoms with Crippen LogP contribution in [0.5, 0.6) is 0 Å². The smallest absolute Gasteiger partial charge is 0.390 e. The molecule has 0 unspecified atom stereocenters. The molecule has 3 nitrogen and oxygen atoms in total. The van der Waals surface area contributed by atoms with Crippen LogP contribution in [-0.2, 0) is 25.1 Å². The number of imidazole rings is 1. The van der Waals surface area contributed by atoms with E-state index in [2.05, 4.69) is 10.9 Å². The Morgan fingerprint density at radius 3 is 2.77 bits per heavy atom. The molecule has 0 aliphatic heterocycles. The predicted octanol–water partition coefficient (Wildman–Crippen LogP) is 3.32. The molecule has 0 radical (unpaired) electrons. The van der Waals surface area contributed by atoms with E-state index >= 15 is 0 Å². The van der Waals surface area contributed by atoms with Gasteiger partial charge >= 0.3 is 6.18 Å². The van der Waals surface area contributed by atoms with E-state index in [1.165, 1.54) is 24.0 Å². The summed E-state index contributed by atoms with van der Waals surface area (Å²) in [6.45, 7) is 0.0552. The zero-order chi connectivity index (χ0) is 16.2. The van der Waals surface area contributed by atoms with Crippen molar-refractivity contribution in [3.05, 3.63) is 47.3 Å². The molecule has 0 saturated carbocycles. The van der Waals surface area contributed by atoms with Crippen LogP contribution in [0.25, 0.3) is 0 Å². The summed E-state index contributed by atoms with van der Waals surface area (Å²) in [6.07, 6.45) is 2.42. The molecule has 2 aromatic rings. The molecule has 1 heterocycles. The number of hydrogen-bond donors (Lipinski definition) is 1. The highest BCUT2D eigenvalue weighted by Crippen LogP contribution is 2.31. The molecule has 22 heavy (non-hydrogen) atoms. The number of alkyl halides is 3. The van der Waals surface area contributed by atoms with Gasteiger partial charge in [-0.25, -0.2) is 4.98 Å². The zero-order valence-corrected chi connectivity index (χ0v) is 12.3. The Hall–Kier alpha value is -1.91. The van der Waals surface area contributed by atoms with E-state index in [0.29, 0.717) is 22.2 Å². The van der Waals surface area contributed by atoms with Crippen molar-refractivity contribution in [1.29, 1.82) is 0 Å². The highest BCUT2D eigenvalue weighted by atomic mass is 32.2. The third-order valence-corrected chi connectivity index (χ3v) is 4.00. The first-order chi connectivity index (χ1) is 10.5. The first-order valence-electron chi connectivity index (χ1n) is 6.33. The molecule has 0 atom stereocenters. The third-order valence-electron chi connectivity index (χ3n) is 2.94. The minimum atomic E-state index is -4.35. The molecule has 0 aliphatic carbocycles. The summed E-state index contributed by atoms with van der Waals surface area (Å²) in [4.78, 5) is 4.14. The van der Waals surface area contributed by atoms with Gasteiger partial charge in [0.25, 0.3) is 0 Å². The standard InChI is InChI=1S/C15H13F3N2OS/c1-2-6-20-13(9-21)8-19-14(20)22-10-11-4-3-5-12(7-11)15(16,17)18/h1,3-5,7-8,21H,6,9-10H2. The molecule has 1 aromatic carbocycles. The molecule has 0 fully saturated rings. The number of aromatic nitrogens is 2. The van der Waals surface area contributed by atoms with Crippen LogP contribution in [0.4, 0.5) is 13.2 Å². The maximum absolute atomic E-state index is 12.7. The number of thioether (sulfide) groups is 1. The second kappa shape index (κ2) is 6.90. The van der Waals surface area contributed by atoms with Gasteiger partial charge in [0.2, 0.25) is 0 Å². The predicted molar refractivity (Wildman–Crippen MR) is 78.0 cm³/mol. The molecule has 2 rings (SSSR count). The first kappa shape index (κ1) is 16.5. The normalized spacial score (nSPS) is 11.4. The monoisotopic (exact) mass is 326 g/mol. The summed E-state index contributed by atoms with van der Waals surface area (Å²) in [7, 11) is 0.